The molecule has 3 heterocycles. The molecule has 3 rings (SSSR count). The summed E-state index contributed by atoms with van der Waals surface area (Å²) in [6.07, 6.45) is 5.76. The highest BCUT2D eigenvalue weighted by Crippen LogP contribution is 2.21. The molecule has 84 valence electrons. The second-order valence-electron chi connectivity index (χ2n) is 3.83. The van der Waals surface area contributed by atoms with E-state index in [-0.39, 0.29) is 0 Å². The summed E-state index contributed by atoms with van der Waals surface area (Å²) in [5.74, 6) is 1.14. The Bertz CT molecular complexity index is 492. The van der Waals surface area contributed by atoms with Crippen molar-refractivity contribution in [2.75, 3.05) is 6.54 Å². The van der Waals surface area contributed by atoms with Gasteiger partial charge in [0, 0.05) is 43.1 Å². The third-order valence-corrected chi connectivity index (χ3v) is 3.83. The molecule has 0 saturated carbocycles. The van der Waals surface area contributed by atoms with E-state index in [4.69, 9.17) is 11.6 Å². The lowest BCUT2D eigenvalue weighted by molar-refractivity contribution is 0.210. The Kier molecular flexibility index (Phi) is 2.67. The van der Waals surface area contributed by atoms with Crippen molar-refractivity contribution in [3.8, 4) is 0 Å². The molecule has 0 fully saturated rings. The van der Waals surface area contributed by atoms with Gasteiger partial charge < -0.3 is 4.57 Å². The largest absolute Gasteiger partial charge is 0.333 e. The molecule has 4 nitrogen and oxygen atoms in total. The fraction of sp³-hybridized carbons (Fsp3) is 0.400. The zero-order valence-corrected chi connectivity index (χ0v) is 10.2. The van der Waals surface area contributed by atoms with Crippen molar-refractivity contribution >= 4 is 22.9 Å². The number of rotatable bonds is 2. The fourth-order valence-corrected chi connectivity index (χ4v) is 2.96. The summed E-state index contributed by atoms with van der Waals surface area (Å²) in [5, 5.41) is 0. The third kappa shape index (κ3) is 1.98. The molecule has 0 atom stereocenters. The molecule has 0 bridgehead atoms. The van der Waals surface area contributed by atoms with E-state index in [0.29, 0.717) is 4.47 Å². The molecule has 0 aromatic carbocycles. The minimum atomic E-state index is 0.619. The van der Waals surface area contributed by atoms with Crippen LogP contribution in [0.2, 0.25) is 4.47 Å². The molecule has 1 aliphatic heterocycles. The molecule has 0 spiro atoms. The first-order valence-corrected chi connectivity index (χ1v) is 6.33. The van der Waals surface area contributed by atoms with Gasteiger partial charge in [0.25, 0.3) is 0 Å². The highest BCUT2D eigenvalue weighted by molar-refractivity contribution is 7.15. The van der Waals surface area contributed by atoms with Crippen LogP contribution in [0.15, 0.2) is 18.6 Å². The monoisotopic (exact) mass is 254 g/mol. The van der Waals surface area contributed by atoms with Crippen molar-refractivity contribution in [2.24, 2.45) is 0 Å². The second-order valence-corrected chi connectivity index (χ2v) is 5.52. The van der Waals surface area contributed by atoms with E-state index in [1.165, 1.54) is 4.88 Å². The van der Waals surface area contributed by atoms with Gasteiger partial charge in [0.15, 0.2) is 4.47 Å². The van der Waals surface area contributed by atoms with Crippen LogP contribution in [0.5, 0.6) is 0 Å². The average Bonchev–Trinajstić information content (AvgIpc) is 2.87. The van der Waals surface area contributed by atoms with Crippen LogP contribution in [0, 0.1) is 0 Å². The maximum atomic E-state index is 5.81. The van der Waals surface area contributed by atoms with Gasteiger partial charge in [-0.25, -0.2) is 9.97 Å². The summed E-state index contributed by atoms with van der Waals surface area (Å²) < 4.78 is 2.82. The van der Waals surface area contributed by atoms with E-state index in [1.807, 2.05) is 18.6 Å². The van der Waals surface area contributed by atoms with Crippen LogP contribution in [0.4, 0.5) is 0 Å². The van der Waals surface area contributed by atoms with Crippen molar-refractivity contribution in [3.05, 3.63) is 33.8 Å². The van der Waals surface area contributed by atoms with Crippen LogP contribution in [0.25, 0.3) is 0 Å². The number of imidazole rings is 1. The van der Waals surface area contributed by atoms with E-state index in [1.54, 1.807) is 11.3 Å². The minimum Gasteiger partial charge on any atom is -0.333 e. The number of hydrogen-bond donors (Lipinski definition) is 0. The molecule has 0 amide bonds. The van der Waals surface area contributed by atoms with Crippen molar-refractivity contribution in [1.29, 1.82) is 0 Å². The van der Waals surface area contributed by atoms with Gasteiger partial charge in [0.05, 0.1) is 6.54 Å². The molecular weight excluding hydrogens is 244 g/mol. The topological polar surface area (TPSA) is 34.0 Å². The molecule has 1 aliphatic rings. The average molecular weight is 255 g/mol. The lowest BCUT2D eigenvalue weighted by Crippen LogP contribution is -2.32. The molecule has 0 saturated heterocycles. The summed E-state index contributed by atoms with van der Waals surface area (Å²) in [7, 11) is 0. The van der Waals surface area contributed by atoms with Gasteiger partial charge in [-0.15, -0.1) is 11.3 Å². The summed E-state index contributed by atoms with van der Waals surface area (Å²) in [6, 6.07) is 0. The van der Waals surface area contributed by atoms with E-state index < -0.39 is 0 Å². The number of fused-ring (bicyclic) bond motifs is 1. The Morgan fingerprint density at radius 1 is 1.38 bits per heavy atom. The predicted octanol–water partition coefficient (Wildman–Crippen LogP) is 2.01. The standard InChI is InChI=1S/C10H11ClN4S/c11-10-13-5-8(16-10)6-14-3-4-15-2-1-12-9(15)7-14/h1-2,5H,3-4,6-7H2. The van der Waals surface area contributed by atoms with Gasteiger partial charge in [0.1, 0.15) is 5.82 Å². The molecule has 0 N–H and O–H groups in total. The molecule has 2 aromatic rings. The molecule has 16 heavy (non-hydrogen) atoms. The van der Waals surface area contributed by atoms with Gasteiger partial charge in [-0.3, -0.25) is 4.90 Å². The first-order valence-electron chi connectivity index (χ1n) is 5.14. The maximum Gasteiger partial charge on any atom is 0.183 e. The van der Waals surface area contributed by atoms with E-state index in [2.05, 4.69) is 19.4 Å². The Labute approximate surface area is 103 Å². The first kappa shape index (κ1) is 10.3. The molecule has 0 radical (unpaired) electrons. The van der Waals surface area contributed by atoms with Crippen molar-refractivity contribution < 1.29 is 0 Å². The number of thiazole rings is 1. The summed E-state index contributed by atoms with van der Waals surface area (Å²) >= 11 is 7.36. The van der Waals surface area contributed by atoms with Crippen molar-refractivity contribution in [2.45, 2.75) is 19.6 Å². The van der Waals surface area contributed by atoms with E-state index in [0.717, 1.165) is 32.0 Å². The smallest absolute Gasteiger partial charge is 0.183 e. The Balaban J connectivity index is 1.70. The molecule has 6 heteroatoms. The Hall–Kier alpha value is -0.910. The third-order valence-electron chi connectivity index (χ3n) is 2.73. The fourth-order valence-electron chi connectivity index (χ4n) is 1.94. The van der Waals surface area contributed by atoms with Gasteiger partial charge in [-0.05, 0) is 0 Å². The molecule has 0 aliphatic carbocycles. The second kappa shape index (κ2) is 4.16. The predicted molar refractivity (Wildman–Crippen MR) is 63.5 cm³/mol. The SMILES string of the molecule is Clc1ncc(CN2CCn3ccnc3C2)s1. The quantitative estimate of drug-likeness (QED) is 0.822. The highest BCUT2D eigenvalue weighted by Gasteiger charge is 2.17. The number of nitrogens with zero attached hydrogens (tertiary/aromatic N) is 4. The van der Waals surface area contributed by atoms with Crippen LogP contribution in [-0.4, -0.2) is 26.0 Å². The maximum absolute atomic E-state index is 5.81. The first-order chi connectivity index (χ1) is 7.81. The molecule has 0 unspecified atom stereocenters. The highest BCUT2D eigenvalue weighted by atomic mass is 35.5. The zero-order chi connectivity index (χ0) is 11.0. The number of halogens is 1. The number of aromatic nitrogens is 3. The summed E-state index contributed by atoms with van der Waals surface area (Å²) in [6.45, 7) is 3.89. The van der Waals surface area contributed by atoms with Crippen LogP contribution < -0.4 is 0 Å². The minimum absolute atomic E-state index is 0.619. The Morgan fingerprint density at radius 3 is 3.12 bits per heavy atom. The van der Waals surface area contributed by atoms with Crippen molar-refractivity contribution in [1.82, 2.24) is 19.4 Å². The molecule has 2 aromatic heterocycles. The normalized spacial score (nSPS) is 16.3. The van der Waals surface area contributed by atoms with Crippen LogP contribution in [0.3, 0.4) is 0 Å². The van der Waals surface area contributed by atoms with Crippen LogP contribution in [-0.2, 0) is 19.6 Å². The van der Waals surface area contributed by atoms with Crippen molar-refractivity contribution in [3.63, 3.8) is 0 Å². The molecular formula is C10H11ClN4S. The lowest BCUT2D eigenvalue weighted by Gasteiger charge is -2.26. The van der Waals surface area contributed by atoms with Gasteiger partial charge in [-0.2, -0.15) is 0 Å². The summed E-state index contributed by atoms with van der Waals surface area (Å²) in [5.41, 5.74) is 0. The van der Waals surface area contributed by atoms with Crippen LogP contribution >= 0.6 is 22.9 Å². The zero-order valence-electron chi connectivity index (χ0n) is 8.64. The van der Waals surface area contributed by atoms with Crippen LogP contribution in [0.1, 0.15) is 10.7 Å². The van der Waals surface area contributed by atoms with Gasteiger partial charge in [0.2, 0.25) is 0 Å². The van der Waals surface area contributed by atoms with Gasteiger partial charge >= 0.3 is 0 Å². The lowest BCUT2D eigenvalue weighted by atomic mass is 10.3. The van der Waals surface area contributed by atoms with E-state index in [9.17, 15) is 0 Å². The summed E-state index contributed by atoms with van der Waals surface area (Å²) in [4.78, 5) is 12.0. The van der Waals surface area contributed by atoms with E-state index >= 15 is 0 Å². The Morgan fingerprint density at radius 2 is 2.31 bits per heavy atom. The number of hydrogen-bond acceptors (Lipinski definition) is 4. The van der Waals surface area contributed by atoms with Gasteiger partial charge in [-0.1, -0.05) is 11.6 Å².